The lowest BCUT2D eigenvalue weighted by Gasteiger charge is -2.23. The first-order valence-electron chi connectivity index (χ1n) is 6.30. The van der Waals surface area contributed by atoms with Crippen molar-refractivity contribution in [2.75, 3.05) is 18.6 Å². The van der Waals surface area contributed by atoms with E-state index >= 15 is 0 Å². The zero-order valence-electron chi connectivity index (χ0n) is 11.7. The van der Waals surface area contributed by atoms with Crippen LogP contribution in [0.1, 0.15) is 35.6 Å². The molecule has 1 amide bonds. The lowest BCUT2D eigenvalue weighted by Crippen LogP contribution is -2.36. The molecular formula is C15H20FNO. The highest BCUT2D eigenvalue weighted by atomic mass is 19.1. The molecule has 1 aliphatic rings. The quantitative estimate of drug-likeness (QED) is 0.788. The Bertz CT molecular complexity index is 524. The SMILES string of the molecule is Cc1cc2c(c(C)c1C)C(C)(CCF)C(=O)N2C. The summed E-state index contributed by atoms with van der Waals surface area (Å²) in [5, 5.41) is 0. The van der Waals surface area contributed by atoms with E-state index < -0.39 is 12.1 Å². The number of halogens is 1. The molecule has 0 fully saturated rings. The standard InChI is InChI=1S/C15H20FNO/c1-9-8-12-13(11(3)10(9)2)15(4,6-7-16)14(18)17(12)5/h8H,6-7H2,1-5H3. The van der Waals surface area contributed by atoms with Crippen molar-refractivity contribution in [1.29, 1.82) is 0 Å². The van der Waals surface area contributed by atoms with E-state index in [-0.39, 0.29) is 12.3 Å². The van der Waals surface area contributed by atoms with Crippen molar-refractivity contribution >= 4 is 11.6 Å². The molecule has 0 spiro atoms. The highest BCUT2D eigenvalue weighted by molar-refractivity contribution is 6.08. The summed E-state index contributed by atoms with van der Waals surface area (Å²) < 4.78 is 12.8. The third kappa shape index (κ3) is 1.49. The van der Waals surface area contributed by atoms with Gasteiger partial charge in [0.1, 0.15) is 0 Å². The Balaban J connectivity index is 2.75. The topological polar surface area (TPSA) is 20.3 Å². The Morgan fingerprint density at radius 1 is 1.28 bits per heavy atom. The van der Waals surface area contributed by atoms with Crippen LogP contribution in [-0.4, -0.2) is 19.6 Å². The van der Waals surface area contributed by atoms with Crippen LogP contribution < -0.4 is 4.90 Å². The number of amides is 1. The molecule has 1 unspecified atom stereocenters. The van der Waals surface area contributed by atoms with Gasteiger partial charge in [0.2, 0.25) is 5.91 Å². The van der Waals surface area contributed by atoms with Crippen molar-refractivity contribution in [3.05, 3.63) is 28.3 Å². The fraction of sp³-hybridized carbons (Fsp3) is 0.533. The van der Waals surface area contributed by atoms with Crippen molar-refractivity contribution < 1.29 is 9.18 Å². The molecule has 2 rings (SSSR count). The number of hydrogen-bond donors (Lipinski definition) is 0. The zero-order chi connectivity index (χ0) is 13.7. The van der Waals surface area contributed by atoms with E-state index in [2.05, 4.69) is 6.92 Å². The third-order valence-electron chi connectivity index (χ3n) is 4.42. The van der Waals surface area contributed by atoms with Gasteiger partial charge in [0, 0.05) is 12.7 Å². The van der Waals surface area contributed by atoms with Crippen LogP contribution in [0.2, 0.25) is 0 Å². The number of alkyl halides is 1. The van der Waals surface area contributed by atoms with Gasteiger partial charge in [-0.05, 0) is 62.4 Å². The van der Waals surface area contributed by atoms with E-state index in [1.165, 1.54) is 11.1 Å². The lowest BCUT2D eigenvalue weighted by atomic mass is 9.77. The molecule has 0 bridgehead atoms. The van der Waals surface area contributed by atoms with Crippen LogP contribution in [0.3, 0.4) is 0 Å². The second kappa shape index (κ2) is 4.08. The summed E-state index contributed by atoms with van der Waals surface area (Å²) in [7, 11) is 1.78. The maximum absolute atomic E-state index is 12.8. The molecule has 1 aliphatic heterocycles. The van der Waals surface area contributed by atoms with Crippen molar-refractivity contribution in [3.8, 4) is 0 Å². The minimum Gasteiger partial charge on any atom is -0.314 e. The summed E-state index contributed by atoms with van der Waals surface area (Å²) in [4.78, 5) is 14.1. The predicted octanol–water partition coefficient (Wildman–Crippen LogP) is 3.21. The van der Waals surface area contributed by atoms with Crippen molar-refractivity contribution in [2.24, 2.45) is 0 Å². The normalized spacial score (nSPS) is 22.6. The Labute approximate surface area is 108 Å². The highest BCUT2D eigenvalue weighted by Crippen LogP contribution is 2.46. The minimum absolute atomic E-state index is 0.00301. The fourth-order valence-corrected chi connectivity index (χ4v) is 3.03. The van der Waals surface area contributed by atoms with Gasteiger partial charge in [-0.25, -0.2) is 0 Å². The summed E-state index contributed by atoms with van der Waals surface area (Å²) >= 11 is 0. The van der Waals surface area contributed by atoms with Gasteiger partial charge in [-0.3, -0.25) is 9.18 Å². The number of anilines is 1. The van der Waals surface area contributed by atoms with Gasteiger partial charge < -0.3 is 4.90 Å². The molecule has 2 nitrogen and oxygen atoms in total. The number of hydrogen-bond acceptors (Lipinski definition) is 1. The van der Waals surface area contributed by atoms with Crippen LogP contribution in [0, 0.1) is 20.8 Å². The summed E-state index contributed by atoms with van der Waals surface area (Å²) in [5.74, 6) is 0.00301. The second-order valence-corrected chi connectivity index (χ2v) is 5.47. The van der Waals surface area contributed by atoms with Crippen molar-refractivity contribution in [1.82, 2.24) is 0 Å². The number of nitrogens with zero attached hydrogens (tertiary/aromatic N) is 1. The number of carbonyl (C=O) groups excluding carboxylic acids is 1. The molecule has 1 aromatic rings. The van der Waals surface area contributed by atoms with Crippen LogP contribution in [0.5, 0.6) is 0 Å². The monoisotopic (exact) mass is 249 g/mol. The molecule has 0 radical (unpaired) electrons. The average Bonchev–Trinajstić information content (AvgIpc) is 2.49. The summed E-state index contributed by atoms with van der Waals surface area (Å²) in [6.45, 7) is 7.53. The summed E-state index contributed by atoms with van der Waals surface area (Å²) in [6, 6.07) is 2.04. The first-order valence-corrected chi connectivity index (χ1v) is 6.30. The van der Waals surface area contributed by atoms with Crippen LogP contribution >= 0.6 is 0 Å². The largest absolute Gasteiger partial charge is 0.314 e. The molecule has 0 aromatic heterocycles. The molecule has 0 N–H and O–H groups in total. The molecule has 1 aromatic carbocycles. The molecule has 0 aliphatic carbocycles. The molecule has 18 heavy (non-hydrogen) atoms. The van der Waals surface area contributed by atoms with Gasteiger partial charge in [-0.15, -0.1) is 0 Å². The number of likely N-dealkylation sites (N-methyl/N-ethyl adjacent to an activating group) is 1. The summed E-state index contributed by atoms with van der Waals surface area (Å²) in [5.41, 5.74) is 4.74. The Kier molecular flexibility index (Phi) is 2.96. The van der Waals surface area contributed by atoms with Gasteiger partial charge >= 0.3 is 0 Å². The first-order chi connectivity index (χ1) is 8.34. The molecular weight excluding hydrogens is 229 g/mol. The Morgan fingerprint density at radius 2 is 1.89 bits per heavy atom. The van der Waals surface area contributed by atoms with Gasteiger partial charge in [0.15, 0.2) is 0 Å². The number of aryl methyl sites for hydroxylation is 1. The van der Waals surface area contributed by atoms with Crippen molar-refractivity contribution in [3.63, 3.8) is 0 Å². The van der Waals surface area contributed by atoms with Crippen LogP contribution in [0.25, 0.3) is 0 Å². The molecule has 3 heteroatoms. The zero-order valence-corrected chi connectivity index (χ0v) is 11.7. The van der Waals surface area contributed by atoms with E-state index in [9.17, 15) is 9.18 Å². The first kappa shape index (κ1) is 13.1. The maximum atomic E-state index is 12.8. The predicted molar refractivity (Wildman–Crippen MR) is 72.0 cm³/mol. The van der Waals surface area contributed by atoms with E-state index in [4.69, 9.17) is 0 Å². The van der Waals surface area contributed by atoms with Crippen LogP contribution in [0.15, 0.2) is 6.07 Å². The molecule has 98 valence electrons. The molecule has 1 heterocycles. The van der Waals surface area contributed by atoms with E-state index in [1.54, 1.807) is 11.9 Å². The number of benzene rings is 1. The Morgan fingerprint density at radius 3 is 2.44 bits per heavy atom. The average molecular weight is 249 g/mol. The third-order valence-corrected chi connectivity index (χ3v) is 4.42. The minimum atomic E-state index is -0.707. The molecule has 0 saturated heterocycles. The van der Waals surface area contributed by atoms with Gasteiger partial charge in [-0.1, -0.05) is 0 Å². The van der Waals surface area contributed by atoms with Gasteiger partial charge in [-0.2, -0.15) is 0 Å². The number of fused-ring (bicyclic) bond motifs is 1. The smallest absolute Gasteiger partial charge is 0.237 e. The van der Waals surface area contributed by atoms with Crippen molar-refractivity contribution in [2.45, 2.75) is 39.5 Å². The molecule has 0 saturated carbocycles. The highest BCUT2D eigenvalue weighted by Gasteiger charge is 2.47. The maximum Gasteiger partial charge on any atom is 0.237 e. The van der Waals surface area contributed by atoms with Crippen LogP contribution in [-0.2, 0) is 10.2 Å². The van der Waals surface area contributed by atoms with Gasteiger partial charge in [0.25, 0.3) is 0 Å². The number of rotatable bonds is 2. The Hall–Kier alpha value is -1.38. The van der Waals surface area contributed by atoms with Gasteiger partial charge in [0.05, 0.1) is 12.1 Å². The fourth-order valence-electron chi connectivity index (χ4n) is 3.03. The second-order valence-electron chi connectivity index (χ2n) is 5.47. The number of carbonyl (C=O) groups is 1. The van der Waals surface area contributed by atoms with Crippen LogP contribution in [0.4, 0.5) is 10.1 Å². The van der Waals surface area contributed by atoms with E-state index in [0.29, 0.717) is 0 Å². The van der Waals surface area contributed by atoms with E-state index in [1.807, 2.05) is 26.8 Å². The lowest BCUT2D eigenvalue weighted by molar-refractivity contribution is -0.122. The molecule has 1 atom stereocenters. The van der Waals surface area contributed by atoms with E-state index in [0.717, 1.165) is 16.8 Å². The summed E-state index contributed by atoms with van der Waals surface area (Å²) in [6.07, 6.45) is 0.256.